The molecule has 0 saturated carbocycles. The van der Waals surface area contributed by atoms with Gasteiger partial charge in [-0.15, -0.1) is 0 Å². The van der Waals surface area contributed by atoms with Gasteiger partial charge in [-0.2, -0.15) is 0 Å². The van der Waals surface area contributed by atoms with Crippen LogP contribution in [0.25, 0.3) is 0 Å². The van der Waals surface area contributed by atoms with Gasteiger partial charge in [-0.1, -0.05) is 29.4 Å². The second kappa shape index (κ2) is 13.0. The third-order valence-electron chi connectivity index (χ3n) is 4.07. The lowest BCUT2D eigenvalue weighted by atomic mass is 10.1. The summed E-state index contributed by atoms with van der Waals surface area (Å²) < 4.78 is 27.6. The van der Waals surface area contributed by atoms with Gasteiger partial charge in [-0.3, -0.25) is 4.79 Å². The summed E-state index contributed by atoms with van der Waals surface area (Å²) in [4.78, 5) is 11.5. The minimum absolute atomic E-state index is 0.106. The molecule has 1 rings (SSSR count). The molecule has 29 heavy (non-hydrogen) atoms. The predicted molar refractivity (Wildman–Crippen MR) is 116 cm³/mol. The van der Waals surface area contributed by atoms with Crippen molar-refractivity contribution in [1.29, 1.82) is 0 Å². The number of aliphatic hydroxyl groups excluding tert-OH is 1. The molecule has 1 aromatic rings. The molecule has 0 fully saturated rings. The van der Waals surface area contributed by atoms with E-state index in [1.54, 1.807) is 0 Å². The zero-order valence-corrected chi connectivity index (χ0v) is 18.2. The molecule has 0 radical (unpaired) electrons. The van der Waals surface area contributed by atoms with Crippen LogP contribution in [-0.2, 0) is 21.1 Å². The monoisotopic (exact) mass is 421 g/mol. The average molecular weight is 422 g/mol. The molecule has 0 unspecified atom stereocenters. The first-order chi connectivity index (χ1) is 13.7. The fourth-order valence-electron chi connectivity index (χ4n) is 2.32. The Bertz CT molecular complexity index is 836. The summed E-state index contributed by atoms with van der Waals surface area (Å²) in [5.74, 6) is 0.341. The van der Waals surface area contributed by atoms with Crippen LogP contribution in [0.5, 0.6) is 5.75 Å². The number of allylic oxidation sites excluding steroid dienone is 2. The Morgan fingerprint density at radius 1 is 1.14 bits per heavy atom. The smallest absolute Gasteiger partial charge is 0.244 e. The van der Waals surface area contributed by atoms with Crippen LogP contribution < -0.4 is 10.1 Å². The first-order valence-corrected chi connectivity index (χ1v) is 11.4. The molecule has 0 aliphatic rings. The number of aliphatic hydroxyl groups is 1. The van der Waals surface area contributed by atoms with E-state index in [4.69, 9.17) is 9.84 Å². The van der Waals surface area contributed by atoms with Crippen molar-refractivity contribution in [3.05, 3.63) is 64.6 Å². The van der Waals surface area contributed by atoms with Gasteiger partial charge in [0.1, 0.15) is 12.4 Å². The SMILES string of the molecule is CC(=CCCC(C)=CCOc1ccc(CCNC(=O)C=CS(C)(=O)=O)cc1)CO. The van der Waals surface area contributed by atoms with Gasteiger partial charge in [0.2, 0.25) is 5.91 Å². The molecule has 0 bridgehead atoms. The molecule has 6 nitrogen and oxygen atoms in total. The Morgan fingerprint density at radius 2 is 1.83 bits per heavy atom. The van der Waals surface area contributed by atoms with Gasteiger partial charge in [0, 0.05) is 24.3 Å². The first-order valence-electron chi connectivity index (χ1n) is 9.49. The molecule has 0 aliphatic carbocycles. The Labute approximate surface area is 173 Å². The second-order valence-corrected chi connectivity index (χ2v) is 8.86. The Hall–Kier alpha value is -2.38. The zero-order chi connectivity index (χ0) is 21.7. The summed E-state index contributed by atoms with van der Waals surface area (Å²) in [6.45, 7) is 4.99. The van der Waals surface area contributed by atoms with Crippen molar-refractivity contribution >= 4 is 15.7 Å². The highest BCUT2D eigenvalue weighted by molar-refractivity contribution is 7.93. The number of carbonyl (C=O) groups excluding carboxylic acids is 1. The maximum Gasteiger partial charge on any atom is 0.244 e. The summed E-state index contributed by atoms with van der Waals surface area (Å²) in [7, 11) is -3.29. The number of nitrogens with one attached hydrogen (secondary N) is 1. The highest BCUT2D eigenvalue weighted by Gasteiger charge is 2.00. The van der Waals surface area contributed by atoms with Crippen LogP contribution >= 0.6 is 0 Å². The van der Waals surface area contributed by atoms with Gasteiger partial charge in [-0.05, 0) is 56.9 Å². The van der Waals surface area contributed by atoms with E-state index in [0.717, 1.165) is 47.5 Å². The van der Waals surface area contributed by atoms with E-state index in [1.165, 1.54) is 5.57 Å². The highest BCUT2D eigenvalue weighted by atomic mass is 32.2. The number of carbonyl (C=O) groups is 1. The summed E-state index contributed by atoms with van der Waals surface area (Å²) >= 11 is 0. The fraction of sp³-hybridized carbons (Fsp3) is 0.409. The van der Waals surface area contributed by atoms with Crippen LogP contribution in [0.15, 0.2) is 59.0 Å². The maximum atomic E-state index is 11.5. The molecule has 2 N–H and O–H groups in total. The predicted octanol–water partition coefficient (Wildman–Crippen LogP) is 2.95. The lowest BCUT2D eigenvalue weighted by Gasteiger charge is -2.07. The second-order valence-electron chi connectivity index (χ2n) is 6.93. The van der Waals surface area contributed by atoms with Gasteiger partial charge in [0.05, 0.1) is 6.61 Å². The summed E-state index contributed by atoms with van der Waals surface area (Å²) in [5.41, 5.74) is 3.27. The quantitative estimate of drug-likeness (QED) is 0.400. The lowest BCUT2D eigenvalue weighted by molar-refractivity contribution is -0.116. The molecule has 0 heterocycles. The van der Waals surface area contributed by atoms with Crippen molar-refractivity contribution in [3.63, 3.8) is 0 Å². The van der Waals surface area contributed by atoms with Crippen molar-refractivity contribution in [3.8, 4) is 5.75 Å². The molecule has 160 valence electrons. The molecule has 0 atom stereocenters. The van der Waals surface area contributed by atoms with Crippen LogP contribution in [0, 0.1) is 0 Å². The number of benzene rings is 1. The van der Waals surface area contributed by atoms with Gasteiger partial charge >= 0.3 is 0 Å². The molecule has 7 heteroatoms. The highest BCUT2D eigenvalue weighted by Crippen LogP contribution is 2.13. The molecule has 0 saturated heterocycles. The number of rotatable bonds is 12. The Kier molecular flexibility index (Phi) is 11.0. The zero-order valence-electron chi connectivity index (χ0n) is 17.3. The Morgan fingerprint density at radius 3 is 2.45 bits per heavy atom. The third kappa shape index (κ3) is 12.6. The summed E-state index contributed by atoms with van der Waals surface area (Å²) in [6, 6.07) is 7.65. The molecule has 0 aromatic heterocycles. The van der Waals surface area contributed by atoms with Crippen molar-refractivity contribution in [1.82, 2.24) is 5.32 Å². The minimum atomic E-state index is -3.29. The fourth-order valence-corrected chi connectivity index (χ4v) is 2.69. The van der Waals surface area contributed by atoms with Crippen LogP contribution in [0.1, 0.15) is 32.3 Å². The van der Waals surface area contributed by atoms with E-state index >= 15 is 0 Å². The average Bonchev–Trinajstić information content (AvgIpc) is 2.67. The van der Waals surface area contributed by atoms with Crippen molar-refractivity contribution < 1.29 is 23.1 Å². The maximum absolute atomic E-state index is 11.5. The number of amides is 1. The number of ether oxygens (including phenoxy) is 1. The van der Waals surface area contributed by atoms with Crippen molar-refractivity contribution in [2.24, 2.45) is 0 Å². The standard InChI is InChI=1S/C22H31NO5S/c1-18(5-4-6-19(2)17-24)12-15-28-21-9-7-20(8-10-21)11-14-23-22(25)13-16-29(3,26)27/h6-10,12-13,16,24H,4-5,11,14-15,17H2,1-3H3,(H,23,25). The molecule has 1 amide bonds. The summed E-state index contributed by atoms with van der Waals surface area (Å²) in [5, 5.41) is 12.5. The third-order valence-corrected chi connectivity index (χ3v) is 4.70. The number of sulfone groups is 1. The van der Waals surface area contributed by atoms with E-state index in [1.807, 2.05) is 37.3 Å². The lowest BCUT2D eigenvalue weighted by Crippen LogP contribution is -2.23. The molecular weight excluding hydrogens is 390 g/mol. The van der Waals surface area contributed by atoms with Crippen molar-refractivity contribution in [2.75, 3.05) is 26.0 Å². The van der Waals surface area contributed by atoms with Crippen molar-refractivity contribution in [2.45, 2.75) is 33.1 Å². The van der Waals surface area contributed by atoms with Crippen LogP contribution in [-0.4, -0.2) is 45.4 Å². The minimum Gasteiger partial charge on any atom is -0.490 e. The van der Waals surface area contributed by atoms with Gasteiger partial charge in [0.15, 0.2) is 9.84 Å². The number of hydrogen-bond donors (Lipinski definition) is 2. The number of hydrogen-bond acceptors (Lipinski definition) is 5. The first kappa shape index (κ1) is 24.7. The van der Waals surface area contributed by atoms with Crippen LogP contribution in [0.3, 0.4) is 0 Å². The van der Waals surface area contributed by atoms with E-state index in [-0.39, 0.29) is 6.61 Å². The van der Waals surface area contributed by atoms with Gasteiger partial charge in [-0.25, -0.2) is 8.42 Å². The van der Waals surface area contributed by atoms with Crippen LogP contribution in [0.2, 0.25) is 0 Å². The van der Waals surface area contributed by atoms with E-state index in [2.05, 4.69) is 18.3 Å². The molecule has 1 aromatic carbocycles. The van der Waals surface area contributed by atoms with Crippen LogP contribution in [0.4, 0.5) is 0 Å². The van der Waals surface area contributed by atoms with E-state index in [9.17, 15) is 13.2 Å². The van der Waals surface area contributed by atoms with Gasteiger partial charge < -0.3 is 15.2 Å². The van der Waals surface area contributed by atoms with E-state index < -0.39 is 15.7 Å². The molecular formula is C22H31NO5S. The molecule has 0 aliphatic heterocycles. The summed E-state index contributed by atoms with van der Waals surface area (Å²) in [6.07, 6.45) is 8.63. The largest absolute Gasteiger partial charge is 0.490 e. The van der Waals surface area contributed by atoms with Gasteiger partial charge in [0.25, 0.3) is 0 Å². The molecule has 0 spiro atoms. The van der Waals surface area contributed by atoms with E-state index in [0.29, 0.717) is 19.6 Å². The normalized spacial score (nSPS) is 13.0. The topological polar surface area (TPSA) is 92.7 Å². The Balaban J connectivity index is 2.34.